The van der Waals surface area contributed by atoms with E-state index in [-0.39, 0.29) is 12.7 Å². The summed E-state index contributed by atoms with van der Waals surface area (Å²) >= 11 is 0. The van der Waals surface area contributed by atoms with E-state index in [9.17, 15) is 0 Å². The zero-order chi connectivity index (χ0) is 4.99. The van der Waals surface area contributed by atoms with E-state index < -0.39 is 0 Å². The molecule has 0 heterocycles. The molecule has 38 valence electrons. The zero-order valence-corrected chi connectivity index (χ0v) is 4.87. The van der Waals surface area contributed by atoms with Crippen molar-refractivity contribution in [2.24, 2.45) is 0 Å². The maximum atomic E-state index is 8.20. The summed E-state index contributed by atoms with van der Waals surface area (Å²) in [5, 5.41) is 8.20. The normalized spacial score (nSPS) is 14.5. The van der Waals surface area contributed by atoms with Gasteiger partial charge in [0.1, 0.15) is 0 Å². The number of hydrogen-bond acceptors (Lipinski definition) is 2. The predicted molar refractivity (Wildman–Crippen MR) is 27.3 cm³/mol. The van der Waals surface area contributed by atoms with Crippen LogP contribution in [-0.4, -0.2) is 17.8 Å². The molecular weight excluding hydrogens is 99.0 g/mol. The van der Waals surface area contributed by atoms with E-state index in [0.717, 1.165) is 0 Å². The largest absolute Gasteiger partial charge is 0.394 e. The molecular formula is C3H9O2P. The van der Waals surface area contributed by atoms with Crippen molar-refractivity contribution in [2.45, 2.75) is 13.0 Å². The van der Waals surface area contributed by atoms with Gasteiger partial charge in [0.15, 0.2) is 0 Å². The third-order valence-electron chi connectivity index (χ3n) is 0.489. The first-order valence-electron chi connectivity index (χ1n) is 1.77. The second-order valence-electron chi connectivity index (χ2n) is 1.13. The lowest BCUT2D eigenvalue weighted by Crippen LogP contribution is -2.05. The smallest absolute Gasteiger partial charge is 0.0813 e. The van der Waals surface area contributed by atoms with Gasteiger partial charge in [-0.15, -0.1) is 0 Å². The Morgan fingerprint density at radius 3 is 2.50 bits per heavy atom. The van der Waals surface area contributed by atoms with Gasteiger partial charge in [0.05, 0.1) is 12.7 Å². The van der Waals surface area contributed by atoms with Crippen molar-refractivity contribution in [1.82, 2.24) is 0 Å². The van der Waals surface area contributed by atoms with Gasteiger partial charge in [0.2, 0.25) is 0 Å². The van der Waals surface area contributed by atoms with E-state index in [1.807, 2.05) is 0 Å². The lowest BCUT2D eigenvalue weighted by molar-refractivity contribution is 0.149. The maximum Gasteiger partial charge on any atom is 0.0813 e. The third-order valence-corrected chi connectivity index (χ3v) is 0.954. The molecule has 0 aliphatic carbocycles. The highest BCUT2D eigenvalue weighted by molar-refractivity contribution is 7.09. The van der Waals surface area contributed by atoms with Gasteiger partial charge in [-0.3, -0.25) is 0 Å². The summed E-state index contributed by atoms with van der Waals surface area (Å²) in [4.78, 5) is 0. The van der Waals surface area contributed by atoms with Gasteiger partial charge in [-0.2, -0.15) is 0 Å². The molecule has 0 amide bonds. The Morgan fingerprint density at radius 1 is 2.00 bits per heavy atom. The Bertz CT molecular complexity index is 28.0. The molecule has 0 aromatic heterocycles. The Hall–Kier alpha value is 0.350. The quantitative estimate of drug-likeness (QED) is 0.511. The second-order valence-corrected chi connectivity index (χ2v) is 1.40. The van der Waals surface area contributed by atoms with Crippen molar-refractivity contribution in [3.63, 3.8) is 0 Å². The number of aliphatic hydroxyl groups is 1. The fraction of sp³-hybridized carbons (Fsp3) is 1.00. The molecule has 2 unspecified atom stereocenters. The van der Waals surface area contributed by atoms with Crippen LogP contribution in [0.25, 0.3) is 0 Å². The van der Waals surface area contributed by atoms with Crippen LogP contribution in [0.4, 0.5) is 0 Å². The highest BCUT2D eigenvalue weighted by Crippen LogP contribution is 1.92. The molecule has 0 aromatic rings. The molecule has 0 aromatic carbocycles. The van der Waals surface area contributed by atoms with Crippen LogP contribution < -0.4 is 0 Å². The van der Waals surface area contributed by atoms with E-state index in [4.69, 9.17) is 5.11 Å². The van der Waals surface area contributed by atoms with Crippen LogP contribution in [0.15, 0.2) is 0 Å². The summed E-state index contributed by atoms with van der Waals surface area (Å²) in [6.45, 7) is 1.87. The van der Waals surface area contributed by atoms with E-state index in [1.165, 1.54) is 0 Å². The average molecular weight is 108 g/mol. The van der Waals surface area contributed by atoms with E-state index in [0.29, 0.717) is 0 Å². The van der Waals surface area contributed by atoms with E-state index in [2.05, 4.69) is 14.0 Å². The van der Waals surface area contributed by atoms with Crippen LogP contribution in [0, 0.1) is 0 Å². The first-order valence-corrected chi connectivity index (χ1v) is 2.24. The molecule has 0 aliphatic rings. The Kier molecular flexibility index (Phi) is 3.74. The summed E-state index contributed by atoms with van der Waals surface area (Å²) in [5.41, 5.74) is 0. The van der Waals surface area contributed by atoms with Gasteiger partial charge in [0, 0.05) is 9.47 Å². The van der Waals surface area contributed by atoms with Crippen molar-refractivity contribution in [3.8, 4) is 0 Å². The fourth-order valence-corrected chi connectivity index (χ4v) is 0.129. The molecule has 6 heavy (non-hydrogen) atoms. The Labute approximate surface area is 39.8 Å². The van der Waals surface area contributed by atoms with Gasteiger partial charge in [-0.05, 0) is 6.92 Å². The van der Waals surface area contributed by atoms with Crippen molar-refractivity contribution in [2.75, 3.05) is 6.61 Å². The van der Waals surface area contributed by atoms with Crippen LogP contribution >= 0.6 is 9.47 Å². The zero-order valence-electron chi connectivity index (χ0n) is 3.72. The van der Waals surface area contributed by atoms with Gasteiger partial charge in [-0.25, -0.2) is 0 Å². The molecule has 0 bridgehead atoms. The minimum atomic E-state index is -0.0463. The predicted octanol–water partition coefficient (Wildman–Crippen LogP) is 0.174. The van der Waals surface area contributed by atoms with Crippen LogP contribution in [0.1, 0.15) is 6.92 Å². The standard InChI is InChI=1S/C3H9O2P/c1-3(2-4)5-6/h3-4H,2,6H2,1H3. The van der Waals surface area contributed by atoms with Crippen molar-refractivity contribution < 1.29 is 9.63 Å². The minimum absolute atomic E-state index is 0.0463. The molecule has 2 nitrogen and oxygen atoms in total. The summed E-state index contributed by atoms with van der Waals surface area (Å²) < 4.78 is 4.57. The molecule has 3 heteroatoms. The number of aliphatic hydroxyl groups excluding tert-OH is 1. The van der Waals surface area contributed by atoms with Gasteiger partial charge >= 0.3 is 0 Å². The third kappa shape index (κ3) is 2.58. The van der Waals surface area contributed by atoms with E-state index in [1.54, 1.807) is 6.92 Å². The highest BCUT2D eigenvalue weighted by Gasteiger charge is 1.90. The fourth-order valence-electron chi connectivity index (χ4n) is 0.0430. The van der Waals surface area contributed by atoms with Gasteiger partial charge in [0.25, 0.3) is 0 Å². The lowest BCUT2D eigenvalue weighted by Gasteiger charge is -2.00. The summed E-state index contributed by atoms with van der Waals surface area (Å²) in [6.07, 6.45) is -0.0463. The molecule has 0 fully saturated rings. The SMILES string of the molecule is CC(CO)OP. The van der Waals surface area contributed by atoms with Gasteiger partial charge < -0.3 is 9.63 Å². The molecule has 0 aliphatic heterocycles. The summed E-state index contributed by atoms with van der Waals surface area (Å²) in [6, 6.07) is 0. The van der Waals surface area contributed by atoms with Crippen LogP contribution in [0.5, 0.6) is 0 Å². The van der Waals surface area contributed by atoms with E-state index >= 15 is 0 Å². The molecule has 0 spiro atoms. The maximum absolute atomic E-state index is 8.20. The first-order chi connectivity index (χ1) is 2.81. The minimum Gasteiger partial charge on any atom is -0.394 e. The lowest BCUT2D eigenvalue weighted by atomic mass is 10.5. The van der Waals surface area contributed by atoms with Crippen LogP contribution in [-0.2, 0) is 4.52 Å². The number of rotatable bonds is 2. The molecule has 1 N–H and O–H groups in total. The Morgan fingerprint density at radius 2 is 2.50 bits per heavy atom. The number of hydrogen-bond donors (Lipinski definition) is 1. The van der Waals surface area contributed by atoms with Crippen molar-refractivity contribution >= 4 is 9.47 Å². The highest BCUT2D eigenvalue weighted by atomic mass is 31.0. The molecule has 0 rings (SSSR count). The Balaban J connectivity index is 2.75. The van der Waals surface area contributed by atoms with Crippen molar-refractivity contribution in [3.05, 3.63) is 0 Å². The molecule has 0 saturated heterocycles. The summed E-state index contributed by atoms with van der Waals surface area (Å²) in [7, 11) is 2.08. The first kappa shape index (κ1) is 6.35. The topological polar surface area (TPSA) is 29.5 Å². The molecule has 2 atom stereocenters. The van der Waals surface area contributed by atoms with Crippen molar-refractivity contribution in [1.29, 1.82) is 0 Å². The van der Waals surface area contributed by atoms with Gasteiger partial charge in [-0.1, -0.05) is 0 Å². The van der Waals surface area contributed by atoms with Crippen LogP contribution in [0.3, 0.4) is 0 Å². The second kappa shape index (κ2) is 3.54. The van der Waals surface area contributed by atoms with Crippen LogP contribution in [0.2, 0.25) is 0 Å². The average Bonchev–Trinajstić information content (AvgIpc) is 1.65. The molecule has 0 radical (unpaired) electrons. The summed E-state index contributed by atoms with van der Waals surface area (Å²) in [5.74, 6) is 0. The monoisotopic (exact) mass is 108 g/mol. The molecule has 0 saturated carbocycles.